The van der Waals surface area contributed by atoms with Crippen molar-refractivity contribution in [2.24, 2.45) is 5.92 Å². The average molecular weight is 336 g/mol. The number of nitrogens with zero attached hydrogens (tertiary/aromatic N) is 3. The maximum Gasteiger partial charge on any atom is 0.270 e. The minimum absolute atomic E-state index is 0.0786. The lowest BCUT2D eigenvalue weighted by Crippen LogP contribution is -2.36. The molecule has 0 atom stereocenters. The topological polar surface area (TPSA) is 58.1 Å². The third-order valence-corrected chi connectivity index (χ3v) is 5.05. The first-order valence-electron chi connectivity index (χ1n) is 9.21. The summed E-state index contributed by atoms with van der Waals surface area (Å²) < 4.78 is 0. The van der Waals surface area contributed by atoms with Gasteiger partial charge in [-0.05, 0) is 49.7 Å². The highest BCUT2D eigenvalue weighted by molar-refractivity contribution is 5.92. The number of carbonyl (C=O) groups excluding carboxylic acids is 1. The summed E-state index contributed by atoms with van der Waals surface area (Å²) in [7, 11) is 0. The van der Waals surface area contributed by atoms with Gasteiger partial charge in [0.05, 0.1) is 0 Å². The van der Waals surface area contributed by atoms with Gasteiger partial charge < -0.3 is 10.2 Å². The lowest BCUT2D eigenvalue weighted by Gasteiger charge is -2.32. The SMILES string of the molecule is O=C(NC1CC1)c1ccnc(N2CCC(Cc3ccccc3)CC2)n1. The van der Waals surface area contributed by atoms with Crippen molar-refractivity contribution in [3.8, 4) is 0 Å². The van der Waals surface area contributed by atoms with Gasteiger partial charge in [0, 0.05) is 25.3 Å². The molecule has 2 aliphatic rings. The van der Waals surface area contributed by atoms with E-state index < -0.39 is 0 Å². The van der Waals surface area contributed by atoms with Crippen LogP contribution in [0.15, 0.2) is 42.6 Å². The van der Waals surface area contributed by atoms with E-state index in [-0.39, 0.29) is 5.91 Å². The van der Waals surface area contributed by atoms with Crippen molar-refractivity contribution in [2.45, 2.75) is 38.1 Å². The minimum atomic E-state index is -0.0786. The Hall–Kier alpha value is -2.43. The number of piperidine rings is 1. The van der Waals surface area contributed by atoms with E-state index in [1.807, 2.05) is 0 Å². The second-order valence-corrected chi connectivity index (χ2v) is 7.11. The van der Waals surface area contributed by atoms with Gasteiger partial charge in [-0.3, -0.25) is 4.79 Å². The van der Waals surface area contributed by atoms with E-state index in [0.29, 0.717) is 23.6 Å². The molecule has 0 radical (unpaired) electrons. The maximum atomic E-state index is 12.2. The molecule has 5 nitrogen and oxygen atoms in total. The highest BCUT2D eigenvalue weighted by atomic mass is 16.2. The number of rotatable bonds is 5. The van der Waals surface area contributed by atoms with Crippen molar-refractivity contribution >= 4 is 11.9 Å². The molecule has 1 amide bonds. The summed E-state index contributed by atoms with van der Waals surface area (Å²) in [6.45, 7) is 1.90. The lowest BCUT2D eigenvalue weighted by atomic mass is 9.90. The Labute approximate surface area is 148 Å². The van der Waals surface area contributed by atoms with Gasteiger partial charge in [0.25, 0.3) is 5.91 Å². The van der Waals surface area contributed by atoms with Crippen LogP contribution in [0.3, 0.4) is 0 Å². The standard InChI is InChI=1S/C20H24N4O/c25-19(22-17-6-7-17)18-8-11-21-20(23-18)24-12-9-16(10-13-24)14-15-4-2-1-3-5-15/h1-5,8,11,16-17H,6-7,9-10,12-14H2,(H,22,25). The van der Waals surface area contributed by atoms with E-state index in [2.05, 4.69) is 50.5 Å². The molecule has 5 heteroatoms. The van der Waals surface area contributed by atoms with Gasteiger partial charge >= 0.3 is 0 Å². The molecule has 2 fully saturated rings. The zero-order chi connectivity index (χ0) is 17.1. The van der Waals surface area contributed by atoms with Crippen LogP contribution >= 0.6 is 0 Å². The summed E-state index contributed by atoms with van der Waals surface area (Å²) in [4.78, 5) is 23.2. The van der Waals surface area contributed by atoms with E-state index in [1.165, 1.54) is 5.56 Å². The van der Waals surface area contributed by atoms with Gasteiger partial charge in [0.15, 0.2) is 0 Å². The number of hydrogen-bond donors (Lipinski definition) is 1. The highest BCUT2D eigenvalue weighted by Crippen LogP contribution is 2.24. The van der Waals surface area contributed by atoms with Gasteiger partial charge in [-0.2, -0.15) is 0 Å². The number of amides is 1. The second kappa shape index (κ2) is 7.21. The Bertz CT molecular complexity index is 721. The summed E-state index contributed by atoms with van der Waals surface area (Å²) in [5.74, 6) is 1.31. The summed E-state index contributed by atoms with van der Waals surface area (Å²) >= 11 is 0. The van der Waals surface area contributed by atoms with Crippen molar-refractivity contribution in [3.05, 3.63) is 53.9 Å². The Kier molecular flexibility index (Phi) is 4.63. The molecule has 1 saturated carbocycles. The van der Waals surface area contributed by atoms with Crippen LogP contribution < -0.4 is 10.2 Å². The third-order valence-electron chi connectivity index (χ3n) is 5.05. The van der Waals surface area contributed by atoms with Crippen LogP contribution in [0.1, 0.15) is 41.7 Å². The predicted molar refractivity (Wildman–Crippen MR) is 97.6 cm³/mol. The maximum absolute atomic E-state index is 12.2. The van der Waals surface area contributed by atoms with Crippen molar-refractivity contribution in [1.29, 1.82) is 0 Å². The van der Waals surface area contributed by atoms with E-state index in [0.717, 1.165) is 45.2 Å². The largest absolute Gasteiger partial charge is 0.348 e. The Balaban J connectivity index is 1.35. The number of nitrogens with one attached hydrogen (secondary N) is 1. The molecule has 1 aliphatic heterocycles. The first-order valence-corrected chi connectivity index (χ1v) is 9.21. The third kappa shape index (κ3) is 4.16. The molecule has 1 aliphatic carbocycles. The average Bonchev–Trinajstić information content (AvgIpc) is 3.47. The van der Waals surface area contributed by atoms with E-state index in [9.17, 15) is 4.79 Å². The molecule has 1 saturated heterocycles. The van der Waals surface area contributed by atoms with Crippen LogP contribution in [0.4, 0.5) is 5.95 Å². The lowest BCUT2D eigenvalue weighted by molar-refractivity contribution is 0.0946. The first-order chi connectivity index (χ1) is 12.3. The highest BCUT2D eigenvalue weighted by Gasteiger charge is 2.25. The predicted octanol–water partition coefficient (Wildman–Crippen LogP) is 2.83. The van der Waals surface area contributed by atoms with E-state index >= 15 is 0 Å². The normalized spacial score (nSPS) is 18.2. The molecule has 1 aromatic heterocycles. The van der Waals surface area contributed by atoms with Crippen LogP contribution in [0.2, 0.25) is 0 Å². The zero-order valence-corrected chi connectivity index (χ0v) is 14.4. The van der Waals surface area contributed by atoms with Gasteiger partial charge in [0.1, 0.15) is 5.69 Å². The summed E-state index contributed by atoms with van der Waals surface area (Å²) in [5, 5.41) is 2.99. The number of hydrogen-bond acceptors (Lipinski definition) is 4. The van der Waals surface area contributed by atoms with E-state index in [1.54, 1.807) is 12.3 Å². The molecule has 2 aromatic rings. The zero-order valence-electron chi connectivity index (χ0n) is 14.4. The molecular weight excluding hydrogens is 312 g/mol. The number of anilines is 1. The van der Waals surface area contributed by atoms with Crippen LogP contribution in [-0.2, 0) is 6.42 Å². The smallest absolute Gasteiger partial charge is 0.270 e. The van der Waals surface area contributed by atoms with Crippen LogP contribution in [0, 0.1) is 5.92 Å². The fourth-order valence-corrected chi connectivity index (χ4v) is 3.40. The Morgan fingerprint density at radius 2 is 1.84 bits per heavy atom. The van der Waals surface area contributed by atoms with Crippen LogP contribution in [-0.4, -0.2) is 35.0 Å². The molecule has 130 valence electrons. The van der Waals surface area contributed by atoms with Crippen molar-refractivity contribution < 1.29 is 4.79 Å². The Morgan fingerprint density at radius 1 is 1.08 bits per heavy atom. The molecule has 1 N–H and O–H groups in total. The second-order valence-electron chi connectivity index (χ2n) is 7.11. The van der Waals surface area contributed by atoms with Gasteiger partial charge in [0.2, 0.25) is 5.95 Å². The quantitative estimate of drug-likeness (QED) is 0.912. The van der Waals surface area contributed by atoms with Crippen molar-refractivity contribution in [2.75, 3.05) is 18.0 Å². The summed E-state index contributed by atoms with van der Waals surface area (Å²) in [5.41, 5.74) is 1.89. The monoisotopic (exact) mass is 336 g/mol. The van der Waals surface area contributed by atoms with Gasteiger partial charge in [-0.1, -0.05) is 30.3 Å². The molecule has 2 heterocycles. The molecule has 25 heavy (non-hydrogen) atoms. The number of carbonyl (C=O) groups is 1. The minimum Gasteiger partial charge on any atom is -0.348 e. The van der Waals surface area contributed by atoms with Crippen LogP contribution in [0.5, 0.6) is 0 Å². The molecule has 0 bridgehead atoms. The number of aromatic nitrogens is 2. The Morgan fingerprint density at radius 3 is 2.56 bits per heavy atom. The molecular formula is C20H24N4O. The fourth-order valence-electron chi connectivity index (χ4n) is 3.40. The summed E-state index contributed by atoms with van der Waals surface area (Å²) in [6.07, 6.45) is 7.27. The van der Waals surface area contributed by atoms with Gasteiger partial charge in [-0.15, -0.1) is 0 Å². The van der Waals surface area contributed by atoms with Gasteiger partial charge in [-0.25, -0.2) is 9.97 Å². The molecule has 4 rings (SSSR count). The van der Waals surface area contributed by atoms with Crippen molar-refractivity contribution in [3.63, 3.8) is 0 Å². The van der Waals surface area contributed by atoms with Crippen molar-refractivity contribution in [1.82, 2.24) is 15.3 Å². The number of benzene rings is 1. The molecule has 0 spiro atoms. The summed E-state index contributed by atoms with van der Waals surface area (Å²) in [6, 6.07) is 12.7. The molecule has 0 unspecified atom stereocenters. The fraction of sp³-hybridized carbons (Fsp3) is 0.450. The van der Waals surface area contributed by atoms with E-state index in [4.69, 9.17) is 0 Å². The first kappa shape index (κ1) is 16.1. The molecule has 1 aromatic carbocycles. The van der Waals surface area contributed by atoms with Crippen LogP contribution in [0.25, 0.3) is 0 Å².